The molecule has 3 nitrogen and oxygen atoms in total. The second-order valence-corrected chi connectivity index (χ2v) is 6.28. The number of benzene rings is 1. The van der Waals surface area contributed by atoms with Gasteiger partial charge < -0.3 is 14.8 Å². The molecule has 0 bridgehead atoms. The molecule has 0 heterocycles. The molecular formula is C18H29NO2. The average molecular weight is 291 g/mol. The van der Waals surface area contributed by atoms with Crippen LogP contribution in [0.3, 0.4) is 0 Å². The Balaban J connectivity index is 1.71. The molecule has 1 saturated carbocycles. The van der Waals surface area contributed by atoms with Gasteiger partial charge in [-0.1, -0.05) is 38.7 Å². The number of methoxy groups -OCH3 is 2. The molecule has 1 aromatic carbocycles. The molecule has 0 atom stereocenters. The van der Waals surface area contributed by atoms with Crippen molar-refractivity contribution in [2.45, 2.75) is 45.6 Å². The molecular weight excluding hydrogens is 262 g/mol. The van der Waals surface area contributed by atoms with Crippen molar-refractivity contribution < 1.29 is 9.47 Å². The minimum atomic E-state index is 0.789. The average Bonchev–Trinajstić information content (AvgIpc) is 2.53. The van der Waals surface area contributed by atoms with Crippen LogP contribution in [0.4, 0.5) is 0 Å². The van der Waals surface area contributed by atoms with Crippen molar-refractivity contribution in [1.82, 2.24) is 5.32 Å². The first-order valence-corrected chi connectivity index (χ1v) is 8.14. The topological polar surface area (TPSA) is 30.5 Å². The minimum absolute atomic E-state index is 0.789. The summed E-state index contributed by atoms with van der Waals surface area (Å²) in [6.45, 7) is 4.38. The van der Waals surface area contributed by atoms with E-state index in [1.54, 1.807) is 14.2 Å². The lowest BCUT2D eigenvalue weighted by Crippen LogP contribution is -2.20. The number of hydrogen-bond donors (Lipinski definition) is 1. The molecule has 0 saturated heterocycles. The van der Waals surface area contributed by atoms with E-state index in [0.29, 0.717) is 0 Å². The van der Waals surface area contributed by atoms with Gasteiger partial charge in [0.1, 0.15) is 0 Å². The summed E-state index contributed by atoms with van der Waals surface area (Å²) in [7, 11) is 3.35. The van der Waals surface area contributed by atoms with Gasteiger partial charge in [-0.15, -0.1) is 0 Å². The molecule has 0 unspecified atom stereocenters. The predicted molar refractivity (Wildman–Crippen MR) is 87.0 cm³/mol. The fourth-order valence-electron chi connectivity index (χ4n) is 3.15. The van der Waals surface area contributed by atoms with E-state index in [1.165, 1.54) is 37.7 Å². The molecule has 1 aromatic rings. The Labute approximate surface area is 129 Å². The van der Waals surface area contributed by atoms with Crippen molar-refractivity contribution >= 4 is 0 Å². The van der Waals surface area contributed by atoms with Gasteiger partial charge in [0.25, 0.3) is 0 Å². The van der Waals surface area contributed by atoms with Crippen molar-refractivity contribution in [1.29, 1.82) is 0 Å². The minimum Gasteiger partial charge on any atom is -0.493 e. The van der Waals surface area contributed by atoms with E-state index in [-0.39, 0.29) is 0 Å². The van der Waals surface area contributed by atoms with E-state index in [0.717, 1.165) is 36.4 Å². The molecule has 0 spiro atoms. The second-order valence-electron chi connectivity index (χ2n) is 6.28. The van der Waals surface area contributed by atoms with Gasteiger partial charge in [-0.25, -0.2) is 0 Å². The molecule has 1 aliphatic rings. The van der Waals surface area contributed by atoms with E-state index in [4.69, 9.17) is 9.47 Å². The zero-order chi connectivity index (χ0) is 15.1. The summed E-state index contributed by atoms with van der Waals surface area (Å²) < 4.78 is 10.6. The monoisotopic (exact) mass is 291 g/mol. The number of nitrogens with one attached hydrogen (secondary N) is 1. The molecule has 1 aliphatic carbocycles. The van der Waals surface area contributed by atoms with Gasteiger partial charge in [-0.3, -0.25) is 0 Å². The number of rotatable bonds is 7. The van der Waals surface area contributed by atoms with Crippen LogP contribution in [0.25, 0.3) is 0 Å². The molecule has 0 amide bonds. The fraction of sp³-hybridized carbons (Fsp3) is 0.667. The van der Waals surface area contributed by atoms with E-state index < -0.39 is 0 Å². The second kappa shape index (κ2) is 8.28. The van der Waals surface area contributed by atoms with Gasteiger partial charge in [0.05, 0.1) is 14.2 Å². The predicted octanol–water partition coefficient (Wildman–Crippen LogP) is 4.01. The first-order valence-electron chi connectivity index (χ1n) is 8.14. The Hall–Kier alpha value is -1.22. The first-order chi connectivity index (χ1) is 10.2. The van der Waals surface area contributed by atoms with Gasteiger partial charge in [-0.2, -0.15) is 0 Å². The summed E-state index contributed by atoms with van der Waals surface area (Å²) in [5, 5.41) is 3.55. The smallest absolute Gasteiger partial charge is 0.161 e. The lowest BCUT2D eigenvalue weighted by Gasteiger charge is -2.26. The number of ether oxygens (including phenoxy) is 2. The third-order valence-electron chi connectivity index (χ3n) is 4.64. The third-order valence-corrected chi connectivity index (χ3v) is 4.64. The highest BCUT2D eigenvalue weighted by atomic mass is 16.5. The van der Waals surface area contributed by atoms with Crippen LogP contribution in [-0.2, 0) is 6.54 Å². The zero-order valence-corrected chi connectivity index (χ0v) is 13.7. The summed E-state index contributed by atoms with van der Waals surface area (Å²) in [6, 6.07) is 6.11. The van der Waals surface area contributed by atoms with Gasteiger partial charge in [0.15, 0.2) is 11.5 Å². The lowest BCUT2D eigenvalue weighted by molar-refractivity contribution is 0.275. The van der Waals surface area contributed by atoms with E-state index >= 15 is 0 Å². The summed E-state index contributed by atoms with van der Waals surface area (Å²) in [4.78, 5) is 0. The van der Waals surface area contributed by atoms with Crippen molar-refractivity contribution in [3.05, 3.63) is 23.8 Å². The summed E-state index contributed by atoms with van der Waals surface area (Å²) in [6.07, 6.45) is 6.97. The lowest BCUT2D eigenvalue weighted by atomic mass is 9.81. The zero-order valence-electron chi connectivity index (χ0n) is 13.7. The molecule has 21 heavy (non-hydrogen) atoms. The van der Waals surface area contributed by atoms with Crippen molar-refractivity contribution in [2.24, 2.45) is 11.8 Å². The molecule has 0 radical (unpaired) electrons. The van der Waals surface area contributed by atoms with Crippen LogP contribution >= 0.6 is 0 Å². The summed E-state index contributed by atoms with van der Waals surface area (Å²) in [5.74, 6) is 3.47. The van der Waals surface area contributed by atoms with Crippen LogP contribution < -0.4 is 14.8 Å². The Kier molecular flexibility index (Phi) is 6.37. The maximum Gasteiger partial charge on any atom is 0.161 e. The Morgan fingerprint density at radius 1 is 1.05 bits per heavy atom. The van der Waals surface area contributed by atoms with Crippen LogP contribution in [0.1, 0.15) is 44.6 Å². The maximum absolute atomic E-state index is 5.34. The largest absolute Gasteiger partial charge is 0.493 e. The highest BCUT2D eigenvalue weighted by Crippen LogP contribution is 2.30. The Morgan fingerprint density at radius 2 is 1.76 bits per heavy atom. The molecule has 0 aliphatic heterocycles. The fourth-order valence-corrected chi connectivity index (χ4v) is 3.15. The van der Waals surface area contributed by atoms with Crippen LogP contribution in [0, 0.1) is 11.8 Å². The summed E-state index contributed by atoms with van der Waals surface area (Å²) in [5.41, 5.74) is 1.24. The van der Waals surface area contributed by atoms with Crippen molar-refractivity contribution in [3.63, 3.8) is 0 Å². The molecule has 1 fully saturated rings. The van der Waals surface area contributed by atoms with Crippen molar-refractivity contribution in [2.75, 3.05) is 20.8 Å². The van der Waals surface area contributed by atoms with Gasteiger partial charge in [-0.05, 0) is 42.5 Å². The van der Waals surface area contributed by atoms with Gasteiger partial charge >= 0.3 is 0 Å². The SMILES string of the molecule is COc1ccc(CNCCC2CCC(C)CC2)cc1OC. The molecule has 118 valence electrons. The van der Waals surface area contributed by atoms with Crippen LogP contribution in [0.5, 0.6) is 11.5 Å². The van der Waals surface area contributed by atoms with E-state index in [1.807, 2.05) is 12.1 Å². The summed E-state index contributed by atoms with van der Waals surface area (Å²) >= 11 is 0. The molecule has 0 aromatic heterocycles. The number of hydrogen-bond acceptors (Lipinski definition) is 3. The normalized spacial score (nSPS) is 22.0. The van der Waals surface area contributed by atoms with Crippen LogP contribution in [0.2, 0.25) is 0 Å². The highest BCUT2D eigenvalue weighted by molar-refractivity contribution is 5.42. The van der Waals surface area contributed by atoms with E-state index in [9.17, 15) is 0 Å². The quantitative estimate of drug-likeness (QED) is 0.770. The standard InChI is InChI=1S/C18H29NO2/c1-14-4-6-15(7-5-14)10-11-19-13-16-8-9-17(20-2)18(12-16)21-3/h8-9,12,14-15,19H,4-7,10-11,13H2,1-3H3. The Bertz CT molecular complexity index is 425. The molecule has 3 heteroatoms. The Morgan fingerprint density at radius 3 is 2.43 bits per heavy atom. The highest BCUT2D eigenvalue weighted by Gasteiger charge is 2.17. The van der Waals surface area contributed by atoms with Gasteiger partial charge in [0, 0.05) is 6.54 Å². The van der Waals surface area contributed by atoms with Crippen LogP contribution in [0.15, 0.2) is 18.2 Å². The first kappa shape index (κ1) is 16.2. The van der Waals surface area contributed by atoms with Gasteiger partial charge in [0.2, 0.25) is 0 Å². The molecule has 1 N–H and O–H groups in total. The van der Waals surface area contributed by atoms with E-state index in [2.05, 4.69) is 18.3 Å². The third kappa shape index (κ3) is 4.92. The van der Waals surface area contributed by atoms with Crippen molar-refractivity contribution in [3.8, 4) is 11.5 Å². The molecule has 2 rings (SSSR count). The van der Waals surface area contributed by atoms with Crippen LogP contribution in [-0.4, -0.2) is 20.8 Å². The maximum atomic E-state index is 5.34.